The van der Waals surface area contributed by atoms with Crippen molar-refractivity contribution in [1.29, 1.82) is 0 Å². The first-order valence-corrected chi connectivity index (χ1v) is 7.12. The third-order valence-electron chi connectivity index (χ3n) is 3.88. The first kappa shape index (κ1) is 18.5. The van der Waals surface area contributed by atoms with Crippen LogP contribution in [-0.4, -0.2) is 13.1 Å². The van der Waals surface area contributed by atoms with Crippen molar-refractivity contribution < 1.29 is 27.1 Å². The average molecular weight is 354 g/mol. The minimum atomic E-state index is -4.85. The van der Waals surface area contributed by atoms with Gasteiger partial charge in [-0.15, -0.1) is 0 Å². The maximum absolute atomic E-state index is 13.4. The van der Waals surface area contributed by atoms with Crippen LogP contribution in [0.2, 0.25) is 0 Å². The normalized spacial score (nSPS) is 17.9. The van der Waals surface area contributed by atoms with Crippen molar-refractivity contribution in [3.8, 4) is 0 Å². The number of halogens is 4. The molecule has 8 heteroatoms. The zero-order valence-corrected chi connectivity index (χ0v) is 13.6. The van der Waals surface area contributed by atoms with E-state index in [2.05, 4.69) is 14.9 Å². The van der Waals surface area contributed by atoms with Gasteiger partial charge >= 0.3 is 12.1 Å². The topological polar surface area (TPSA) is 42.7 Å². The highest BCUT2D eigenvalue weighted by Gasteiger charge is 2.41. The molecule has 0 aliphatic carbocycles. The number of allylic oxidation sites excluding steroid dienone is 3. The van der Waals surface area contributed by atoms with Gasteiger partial charge in [0, 0.05) is 11.4 Å². The molecule has 1 aliphatic heterocycles. The minimum absolute atomic E-state index is 0.0805. The summed E-state index contributed by atoms with van der Waals surface area (Å²) < 4.78 is 58.3. The lowest BCUT2D eigenvalue weighted by atomic mass is 9.81. The van der Waals surface area contributed by atoms with Gasteiger partial charge in [0.25, 0.3) is 0 Å². The third kappa shape index (κ3) is 3.36. The monoisotopic (exact) mass is 354 g/mol. The van der Waals surface area contributed by atoms with Gasteiger partial charge in [0.1, 0.15) is 5.82 Å². The Hall–Kier alpha value is -2.82. The molecule has 0 saturated heterocycles. The number of esters is 1. The Morgan fingerprint density at radius 2 is 1.92 bits per heavy atom. The van der Waals surface area contributed by atoms with E-state index in [1.54, 1.807) is 0 Å². The fraction of sp³-hybridized carbons (Fsp3) is 0.294. The molecule has 2 rings (SSSR count). The summed E-state index contributed by atoms with van der Waals surface area (Å²) in [5.74, 6) is -3.22. The number of ether oxygens (including phenoxy) is 1. The van der Waals surface area contributed by atoms with Crippen molar-refractivity contribution in [3.63, 3.8) is 0 Å². The molecule has 132 valence electrons. The molecule has 4 nitrogen and oxygen atoms in total. The first-order chi connectivity index (χ1) is 11.6. The zero-order valence-electron chi connectivity index (χ0n) is 13.6. The van der Waals surface area contributed by atoms with Crippen LogP contribution in [0.3, 0.4) is 0 Å². The number of alkyl halides is 3. The molecule has 1 unspecified atom stereocenters. The van der Waals surface area contributed by atoms with Crippen LogP contribution >= 0.6 is 0 Å². The molecule has 0 spiro atoms. The lowest BCUT2D eigenvalue weighted by Crippen LogP contribution is -2.29. The molecule has 25 heavy (non-hydrogen) atoms. The summed E-state index contributed by atoms with van der Waals surface area (Å²) in [6, 6.07) is 2.18. The van der Waals surface area contributed by atoms with Crippen LogP contribution in [0, 0.1) is 12.4 Å². The highest BCUT2D eigenvalue weighted by molar-refractivity contribution is 5.92. The van der Waals surface area contributed by atoms with E-state index in [4.69, 9.17) is 6.57 Å². The predicted molar refractivity (Wildman–Crippen MR) is 81.3 cm³/mol. The van der Waals surface area contributed by atoms with Crippen LogP contribution < -0.4 is 5.32 Å². The summed E-state index contributed by atoms with van der Waals surface area (Å²) in [5.41, 5.74) is -1.20. The number of methoxy groups -OCH3 is 1. The summed E-state index contributed by atoms with van der Waals surface area (Å²) in [6.45, 7) is 10.3. The van der Waals surface area contributed by atoms with E-state index in [1.165, 1.54) is 13.8 Å². The maximum atomic E-state index is 13.4. The van der Waals surface area contributed by atoms with Crippen molar-refractivity contribution in [3.05, 3.63) is 69.2 Å². The standard InChI is InChI=1S/C17H14F4N2O2/c1-8-13(16(24)25-4)14(15(22-3)9(2)23-8)11-6-5-10(18)7-12(11)17(19,20)21/h5-7,14,23H,1-2,4H3. The molecule has 0 bridgehead atoms. The number of hydrogen-bond acceptors (Lipinski definition) is 3. The number of carbonyl (C=O) groups is 1. The number of benzene rings is 1. The van der Waals surface area contributed by atoms with Gasteiger partial charge in [-0.3, -0.25) is 0 Å². The number of carbonyl (C=O) groups excluding carboxylic acids is 1. The Balaban J connectivity index is 2.82. The lowest BCUT2D eigenvalue weighted by Gasteiger charge is -2.29. The highest BCUT2D eigenvalue weighted by Crippen LogP contribution is 2.44. The fourth-order valence-electron chi connectivity index (χ4n) is 2.84. The zero-order chi connectivity index (χ0) is 18.9. The van der Waals surface area contributed by atoms with E-state index in [0.717, 1.165) is 19.2 Å². The molecule has 0 fully saturated rings. The van der Waals surface area contributed by atoms with Crippen molar-refractivity contribution in [2.45, 2.75) is 25.9 Å². The maximum Gasteiger partial charge on any atom is 0.416 e. The predicted octanol–water partition coefficient (Wildman–Crippen LogP) is 4.13. The molecular formula is C17H14F4N2O2. The molecule has 0 aromatic heterocycles. The molecule has 1 aromatic rings. The summed E-state index contributed by atoms with van der Waals surface area (Å²) in [6.07, 6.45) is -4.85. The van der Waals surface area contributed by atoms with E-state index in [0.29, 0.717) is 11.8 Å². The van der Waals surface area contributed by atoms with E-state index < -0.39 is 29.4 Å². The Kier molecular flexibility index (Phi) is 4.88. The Morgan fingerprint density at radius 1 is 1.28 bits per heavy atom. The van der Waals surface area contributed by atoms with Crippen LogP contribution in [0.15, 0.2) is 40.9 Å². The molecule has 1 atom stereocenters. The van der Waals surface area contributed by atoms with E-state index in [9.17, 15) is 22.4 Å². The summed E-state index contributed by atoms with van der Waals surface area (Å²) in [5, 5.41) is 2.80. The molecule has 1 N–H and O–H groups in total. The summed E-state index contributed by atoms with van der Waals surface area (Å²) in [4.78, 5) is 15.5. The SMILES string of the molecule is [C-]#[N+]C1=C(C)NC(C)=C(C(=O)OC)C1c1ccc(F)cc1C(F)(F)F. The van der Waals surface area contributed by atoms with Crippen molar-refractivity contribution in [2.75, 3.05) is 7.11 Å². The van der Waals surface area contributed by atoms with E-state index >= 15 is 0 Å². The fourth-order valence-corrected chi connectivity index (χ4v) is 2.84. The Labute approximate surface area is 141 Å². The number of rotatable bonds is 2. The van der Waals surface area contributed by atoms with Crippen molar-refractivity contribution in [1.82, 2.24) is 5.32 Å². The van der Waals surface area contributed by atoms with Crippen LogP contribution in [0.5, 0.6) is 0 Å². The Bertz CT molecular complexity index is 832. The summed E-state index contributed by atoms with van der Waals surface area (Å²) >= 11 is 0. The van der Waals surface area contributed by atoms with Crippen LogP contribution in [0.1, 0.15) is 30.9 Å². The molecule has 1 aliphatic rings. The van der Waals surface area contributed by atoms with Gasteiger partial charge < -0.3 is 10.1 Å². The quantitative estimate of drug-likeness (QED) is 0.493. The largest absolute Gasteiger partial charge is 0.466 e. The molecular weight excluding hydrogens is 340 g/mol. The van der Waals surface area contributed by atoms with Gasteiger partial charge in [-0.25, -0.2) is 14.0 Å². The lowest BCUT2D eigenvalue weighted by molar-refractivity contribution is -0.139. The van der Waals surface area contributed by atoms with Crippen LogP contribution in [0.4, 0.5) is 17.6 Å². The molecule has 1 aromatic carbocycles. The number of dihydropyridines is 1. The summed E-state index contributed by atoms with van der Waals surface area (Å²) in [7, 11) is 1.09. The minimum Gasteiger partial charge on any atom is -0.466 e. The van der Waals surface area contributed by atoms with Gasteiger partial charge in [0.05, 0.1) is 30.7 Å². The smallest absolute Gasteiger partial charge is 0.416 e. The second-order valence-electron chi connectivity index (χ2n) is 5.44. The van der Waals surface area contributed by atoms with Gasteiger partial charge in [-0.1, -0.05) is 6.07 Å². The highest BCUT2D eigenvalue weighted by atomic mass is 19.4. The van der Waals surface area contributed by atoms with Gasteiger partial charge in [0.2, 0.25) is 0 Å². The van der Waals surface area contributed by atoms with Gasteiger partial charge in [-0.2, -0.15) is 13.2 Å². The van der Waals surface area contributed by atoms with Crippen molar-refractivity contribution >= 4 is 5.97 Å². The van der Waals surface area contributed by atoms with Crippen LogP contribution in [-0.2, 0) is 15.7 Å². The second-order valence-corrected chi connectivity index (χ2v) is 5.44. The number of nitrogens with zero attached hydrogens (tertiary/aromatic N) is 1. The second kappa shape index (κ2) is 6.59. The first-order valence-electron chi connectivity index (χ1n) is 7.12. The van der Waals surface area contributed by atoms with Crippen LogP contribution in [0.25, 0.3) is 4.85 Å². The number of nitrogens with one attached hydrogen (secondary N) is 1. The Morgan fingerprint density at radius 3 is 2.44 bits per heavy atom. The molecule has 0 radical (unpaired) electrons. The van der Waals surface area contributed by atoms with Crippen molar-refractivity contribution in [2.24, 2.45) is 0 Å². The molecule has 1 heterocycles. The van der Waals surface area contributed by atoms with E-state index in [1.807, 2.05) is 0 Å². The van der Waals surface area contributed by atoms with Gasteiger partial charge in [0.15, 0.2) is 5.70 Å². The molecule has 0 saturated carbocycles. The average Bonchev–Trinajstić information content (AvgIpc) is 2.52. The number of hydrogen-bond donors (Lipinski definition) is 1. The van der Waals surface area contributed by atoms with E-state index in [-0.39, 0.29) is 22.5 Å². The third-order valence-corrected chi connectivity index (χ3v) is 3.88. The molecule has 0 amide bonds. The van der Waals surface area contributed by atoms with Gasteiger partial charge in [-0.05, 0) is 31.5 Å².